The van der Waals surface area contributed by atoms with Gasteiger partial charge in [-0.25, -0.2) is 18.7 Å². The van der Waals surface area contributed by atoms with Crippen molar-refractivity contribution in [2.45, 2.75) is 0 Å². The van der Waals surface area contributed by atoms with Gasteiger partial charge in [-0.1, -0.05) is 0 Å². The van der Waals surface area contributed by atoms with E-state index in [2.05, 4.69) is 14.7 Å². The molecule has 6 heteroatoms. The van der Waals surface area contributed by atoms with Crippen molar-refractivity contribution in [3.63, 3.8) is 0 Å². The number of hydrogen-bond acceptors (Lipinski definition) is 4. The SMILES string of the molecule is O=COc1cnc2cc(F)c(F)cc2n1. The summed E-state index contributed by atoms with van der Waals surface area (Å²) in [5.74, 6) is -2.09. The molecular weight excluding hydrogens is 206 g/mol. The zero-order chi connectivity index (χ0) is 10.8. The van der Waals surface area contributed by atoms with Crippen LogP contribution in [0.15, 0.2) is 18.3 Å². The zero-order valence-corrected chi connectivity index (χ0v) is 7.28. The number of ether oxygens (including phenoxy) is 1. The minimum Gasteiger partial charge on any atom is -0.408 e. The first kappa shape index (κ1) is 9.45. The molecule has 76 valence electrons. The van der Waals surface area contributed by atoms with E-state index >= 15 is 0 Å². The molecular formula is C9H4F2N2O2. The van der Waals surface area contributed by atoms with Gasteiger partial charge in [0.2, 0.25) is 5.88 Å². The fourth-order valence-corrected chi connectivity index (χ4v) is 1.10. The maximum absolute atomic E-state index is 12.8. The molecule has 2 aromatic rings. The van der Waals surface area contributed by atoms with Gasteiger partial charge in [-0.2, -0.15) is 0 Å². The number of halogens is 2. The Balaban J connectivity index is 2.61. The normalized spacial score (nSPS) is 10.3. The molecule has 0 aliphatic carbocycles. The van der Waals surface area contributed by atoms with E-state index in [1.165, 1.54) is 0 Å². The first-order chi connectivity index (χ1) is 7.20. The predicted octanol–water partition coefficient (Wildman–Crippen LogP) is 1.44. The van der Waals surface area contributed by atoms with Crippen LogP contribution in [0.3, 0.4) is 0 Å². The van der Waals surface area contributed by atoms with Crippen LogP contribution in [0.1, 0.15) is 0 Å². The standard InChI is InChI=1S/C9H4F2N2O2/c10-5-1-7-8(2-6(5)11)13-9(3-12-7)15-4-14/h1-4H. The summed E-state index contributed by atoms with van der Waals surface area (Å²) in [4.78, 5) is 17.5. The number of rotatable bonds is 2. The molecule has 0 aliphatic rings. The largest absolute Gasteiger partial charge is 0.408 e. The van der Waals surface area contributed by atoms with E-state index < -0.39 is 11.6 Å². The van der Waals surface area contributed by atoms with Crippen LogP contribution in [0.4, 0.5) is 8.78 Å². The van der Waals surface area contributed by atoms with Crippen molar-refractivity contribution in [2.75, 3.05) is 0 Å². The Morgan fingerprint density at radius 2 is 1.87 bits per heavy atom. The third kappa shape index (κ3) is 1.74. The summed E-state index contributed by atoms with van der Waals surface area (Å²) in [7, 11) is 0. The summed E-state index contributed by atoms with van der Waals surface area (Å²) in [5.41, 5.74) is 0.306. The van der Waals surface area contributed by atoms with Crippen LogP contribution in [0.2, 0.25) is 0 Å². The predicted molar refractivity (Wildman–Crippen MR) is 46.1 cm³/mol. The summed E-state index contributed by atoms with van der Waals surface area (Å²) in [5, 5.41) is 0. The first-order valence-corrected chi connectivity index (χ1v) is 3.93. The Bertz CT molecular complexity index is 531. The maximum atomic E-state index is 12.8. The third-order valence-electron chi connectivity index (χ3n) is 1.73. The molecule has 0 aliphatic heterocycles. The second kappa shape index (κ2) is 3.56. The minimum atomic E-state index is -1.03. The number of carbonyl (C=O) groups is 1. The molecule has 0 bridgehead atoms. The van der Waals surface area contributed by atoms with Crippen LogP contribution in [0.5, 0.6) is 5.88 Å². The summed E-state index contributed by atoms with van der Waals surface area (Å²) in [6.07, 6.45) is 1.15. The number of carbonyl (C=O) groups excluding carboxylic acids is 1. The molecule has 0 fully saturated rings. The second-order valence-corrected chi connectivity index (χ2v) is 2.68. The molecule has 15 heavy (non-hydrogen) atoms. The van der Waals surface area contributed by atoms with Crippen molar-refractivity contribution in [1.82, 2.24) is 9.97 Å². The quantitative estimate of drug-likeness (QED) is 0.704. The monoisotopic (exact) mass is 210 g/mol. The van der Waals surface area contributed by atoms with Crippen molar-refractivity contribution >= 4 is 17.5 Å². The van der Waals surface area contributed by atoms with Gasteiger partial charge in [0.15, 0.2) is 11.6 Å². The Morgan fingerprint density at radius 3 is 2.53 bits per heavy atom. The highest BCUT2D eigenvalue weighted by Crippen LogP contribution is 2.17. The molecule has 0 amide bonds. The van der Waals surface area contributed by atoms with E-state index in [0.717, 1.165) is 18.3 Å². The Morgan fingerprint density at radius 1 is 1.20 bits per heavy atom. The maximum Gasteiger partial charge on any atom is 0.299 e. The molecule has 1 heterocycles. The fraction of sp³-hybridized carbons (Fsp3) is 0. The van der Waals surface area contributed by atoms with Crippen LogP contribution in [-0.4, -0.2) is 16.4 Å². The van der Waals surface area contributed by atoms with Crippen molar-refractivity contribution in [2.24, 2.45) is 0 Å². The molecule has 2 rings (SSSR count). The molecule has 0 atom stereocenters. The zero-order valence-electron chi connectivity index (χ0n) is 7.28. The molecule has 1 aromatic carbocycles. The number of benzene rings is 1. The van der Waals surface area contributed by atoms with Gasteiger partial charge in [0, 0.05) is 12.1 Å². The van der Waals surface area contributed by atoms with E-state index in [1.54, 1.807) is 0 Å². The van der Waals surface area contributed by atoms with Crippen LogP contribution in [0, 0.1) is 11.6 Å². The van der Waals surface area contributed by atoms with Gasteiger partial charge >= 0.3 is 0 Å². The van der Waals surface area contributed by atoms with E-state index in [1.807, 2.05) is 0 Å². The van der Waals surface area contributed by atoms with Crippen LogP contribution in [-0.2, 0) is 4.79 Å². The van der Waals surface area contributed by atoms with Gasteiger partial charge < -0.3 is 4.74 Å². The summed E-state index contributed by atoms with van der Waals surface area (Å²) < 4.78 is 30.0. The van der Waals surface area contributed by atoms with Crippen molar-refractivity contribution in [3.05, 3.63) is 30.0 Å². The van der Waals surface area contributed by atoms with Crippen LogP contribution < -0.4 is 4.74 Å². The van der Waals surface area contributed by atoms with Gasteiger partial charge in [-0.05, 0) is 0 Å². The molecule has 1 aromatic heterocycles. The second-order valence-electron chi connectivity index (χ2n) is 2.68. The average Bonchev–Trinajstić information content (AvgIpc) is 2.21. The lowest BCUT2D eigenvalue weighted by molar-refractivity contribution is -0.120. The van der Waals surface area contributed by atoms with Crippen LogP contribution in [0.25, 0.3) is 11.0 Å². The van der Waals surface area contributed by atoms with Crippen molar-refractivity contribution < 1.29 is 18.3 Å². The molecule has 0 unspecified atom stereocenters. The highest BCUT2D eigenvalue weighted by Gasteiger charge is 2.07. The third-order valence-corrected chi connectivity index (χ3v) is 1.73. The fourth-order valence-electron chi connectivity index (χ4n) is 1.10. The average molecular weight is 210 g/mol. The Hall–Kier alpha value is -2.11. The van der Waals surface area contributed by atoms with Gasteiger partial charge in [0.05, 0.1) is 17.2 Å². The van der Waals surface area contributed by atoms with E-state index in [9.17, 15) is 13.6 Å². The molecule has 0 saturated carbocycles. The van der Waals surface area contributed by atoms with Gasteiger partial charge in [0.1, 0.15) is 0 Å². The summed E-state index contributed by atoms with van der Waals surface area (Å²) in [6.45, 7) is 0.176. The summed E-state index contributed by atoms with van der Waals surface area (Å²) in [6, 6.07) is 1.80. The van der Waals surface area contributed by atoms with Gasteiger partial charge in [0.25, 0.3) is 6.47 Å². The van der Waals surface area contributed by atoms with Gasteiger partial charge in [-0.3, -0.25) is 4.79 Å². The number of fused-ring (bicyclic) bond motifs is 1. The lowest BCUT2D eigenvalue weighted by Gasteiger charge is -2.00. The Kier molecular flexibility index (Phi) is 2.24. The van der Waals surface area contributed by atoms with Gasteiger partial charge in [-0.15, -0.1) is 0 Å². The summed E-state index contributed by atoms with van der Waals surface area (Å²) >= 11 is 0. The number of nitrogens with zero attached hydrogens (tertiary/aromatic N) is 2. The van der Waals surface area contributed by atoms with Crippen molar-refractivity contribution in [1.29, 1.82) is 0 Å². The van der Waals surface area contributed by atoms with E-state index in [4.69, 9.17) is 0 Å². The molecule has 0 radical (unpaired) electrons. The Labute approximate surface area is 82.5 Å². The number of hydrogen-bond donors (Lipinski definition) is 0. The molecule has 0 N–H and O–H groups in total. The molecule has 0 saturated heterocycles. The van der Waals surface area contributed by atoms with E-state index in [0.29, 0.717) is 0 Å². The topological polar surface area (TPSA) is 52.1 Å². The van der Waals surface area contributed by atoms with E-state index in [-0.39, 0.29) is 23.4 Å². The molecule has 0 spiro atoms. The van der Waals surface area contributed by atoms with Crippen molar-refractivity contribution in [3.8, 4) is 5.88 Å². The molecule has 4 nitrogen and oxygen atoms in total. The highest BCUT2D eigenvalue weighted by atomic mass is 19.2. The van der Waals surface area contributed by atoms with Crippen LogP contribution >= 0.6 is 0 Å². The minimum absolute atomic E-state index is 0.0662. The lowest BCUT2D eigenvalue weighted by Crippen LogP contribution is -1.95. The highest BCUT2D eigenvalue weighted by molar-refractivity contribution is 5.74. The number of aromatic nitrogens is 2. The smallest absolute Gasteiger partial charge is 0.299 e. The first-order valence-electron chi connectivity index (χ1n) is 3.93. The lowest BCUT2D eigenvalue weighted by atomic mass is 10.3.